The van der Waals surface area contributed by atoms with Crippen LogP contribution in [0.4, 0.5) is 0 Å². The SMILES string of the molecule is COC(=O)c1ccc(C2c3c(oc4cc(C)c(C)cc4c3=O)C(=O)N2CC[NH+]2CCOCC2)cc1. The smallest absolute Gasteiger partial charge is 0.337 e. The average molecular weight is 478 g/mol. The van der Waals surface area contributed by atoms with Gasteiger partial charge in [-0.1, -0.05) is 12.1 Å². The first kappa shape index (κ1) is 23.3. The number of morpholine rings is 1. The molecule has 2 aliphatic rings. The third-order valence-corrected chi connectivity index (χ3v) is 7.14. The molecule has 2 aromatic carbocycles. The van der Waals surface area contributed by atoms with Crippen molar-refractivity contribution in [1.82, 2.24) is 4.90 Å². The van der Waals surface area contributed by atoms with Crippen LogP contribution < -0.4 is 10.3 Å². The average Bonchev–Trinajstić information content (AvgIpc) is 3.16. The first-order valence-electron chi connectivity index (χ1n) is 11.9. The largest absolute Gasteiger partial charge is 0.465 e. The van der Waals surface area contributed by atoms with Crippen LogP contribution in [0.2, 0.25) is 0 Å². The summed E-state index contributed by atoms with van der Waals surface area (Å²) in [5.41, 5.74) is 3.72. The number of nitrogens with zero attached hydrogens (tertiary/aromatic N) is 1. The molecule has 3 heterocycles. The molecule has 182 valence electrons. The summed E-state index contributed by atoms with van der Waals surface area (Å²) in [6.07, 6.45) is 0. The van der Waals surface area contributed by atoms with Crippen LogP contribution in [0.3, 0.4) is 0 Å². The number of carbonyl (C=O) groups excluding carboxylic acids is 2. The normalized spacial score (nSPS) is 18.2. The van der Waals surface area contributed by atoms with E-state index in [1.807, 2.05) is 26.0 Å². The number of fused-ring (bicyclic) bond motifs is 2. The quantitative estimate of drug-likeness (QED) is 0.562. The van der Waals surface area contributed by atoms with Gasteiger partial charge in [0, 0.05) is 0 Å². The van der Waals surface area contributed by atoms with Gasteiger partial charge in [-0.3, -0.25) is 9.59 Å². The molecule has 0 radical (unpaired) electrons. The van der Waals surface area contributed by atoms with Crippen LogP contribution in [0.15, 0.2) is 45.6 Å². The van der Waals surface area contributed by atoms with Gasteiger partial charge in [-0.15, -0.1) is 0 Å². The zero-order chi connectivity index (χ0) is 24.7. The number of quaternary nitrogens is 1. The number of ether oxygens (including phenoxy) is 2. The predicted octanol–water partition coefficient (Wildman–Crippen LogP) is 1.66. The molecule has 0 spiro atoms. The number of methoxy groups -OCH3 is 1. The van der Waals surface area contributed by atoms with Crippen LogP contribution in [0.1, 0.15) is 49.2 Å². The molecule has 1 aromatic heterocycles. The number of carbonyl (C=O) groups is 2. The van der Waals surface area contributed by atoms with Gasteiger partial charge in [0.1, 0.15) is 18.7 Å². The standard InChI is InChI=1S/C27H28N2O6/c1-16-14-20-21(15-17(16)2)35-25-22(24(20)30)23(18-4-6-19(7-5-18)27(32)33-3)29(26(25)31)9-8-28-10-12-34-13-11-28/h4-7,14-15,23H,8-13H2,1-3H3/p+1. The van der Waals surface area contributed by atoms with E-state index in [9.17, 15) is 14.4 Å². The Hall–Kier alpha value is -3.49. The molecule has 0 bridgehead atoms. The summed E-state index contributed by atoms with van der Waals surface area (Å²) >= 11 is 0. The highest BCUT2D eigenvalue weighted by Gasteiger charge is 2.43. The van der Waals surface area contributed by atoms with Crippen molar-refractivity contribution in [1.29, 1.82) is 0 Å². The van der Waals surface area contributed by atoms with E-state index in [2.05, 4.69) is 0 Å². The fourth-order valence-electron chi connectivity index (χ4n) is 4.96. The Morgan fingerprint density at radius 2 is 1.77 bits per heavy atom. The lowest BCUT2D eigenvalue weighted by molar-refractivity contribution is -0.907. The first-order valence-corrected chi connectivity index (χ1v) is 11.9. The van der Waals surface area contributed by atoms with Gasteiger partial charge < -0.3 is 23.7 Å². The van der Waals surface area contributed by atoms with E-state index in [0.29, 0.717) is 41.9 Å². The van der Waals surface area contributed by atoms with Crippen molar-refractivity contribution in [2.45, 2.75) is 19.9 Å². The lowest BCUT2D eigenvalue weighted by Crippen LogP contribution is -3.14. The Labute approximate surface area is 203 Å². The number of hydrogen-bond donors (Lipinski definition) is 1. The van der Waals surface area contributed by atoms with E-state index in [4.69, 9.17) is 13.9 Å². The molecular formula is C27H29N2O6+. The molecule has 35 heavy (non-hydrogen) atoms. The van der Waals surface area contributed by atoms with Crippen LogP contribution in [0.5, 0.6) is 0 Å². The Bertz CT molecular complexity index is 1350. The maximum atomic E-state index is 13.8. The lowest BCUT2D eigenvalue weighted by Gasteiger charge is -2.29. The second kappa shape index (κ2) is 9.28. The third kappa shape index (κ3) is 4.13. The molecule has 1 saturated heterocycles. The molecule has 8 heteroatoms. The highest BCUT2D eigenvalue weighted by atomic mass is 16.5. The number of benzene rings is 2. The Balaban J connectivity index is 1.60. The molecule has 5 rings (SSSR count). The van der Waals surface area contributed by atoms with Gasteiger partial charge in [-0.05, 0) is 54.8 Å². The zero-order valence-corrected chi connectivity index (χ0v) is 20.2. The van der Waals surface area contributed by atoms with Crippen molar-refractivity contribution in [3.8, 4) is 0 Å². The van der Waals surface area contributed by atoms with Crippen LogP contribution in [-0.4, -0.2) is 63.3 Å². The Kier molecular flexibility index (Phi) is 6.17. The minimum absolute atomic E-state index is 0.102. The maximum absolute atomic E-state index is 13.8. The van der Waals surface area contributed by atoms with Gasteiger partial charge in [0.2, 0.25) is 5.76 Å². The van der Waals surface area contributed by atoms with Gasteiger partial charge in [-0.25, -0.2) is 4.79 Å². The van der Waals surface area contributed by atoms with Gasteiger partial charge in [-0.2, -0.15) is 0 Å². The molecule has 1 atom stereocenters. The molecular weight excluding hydrogens is 448 g/mol. The van der Waals surface area contributed by atoms with Crippen LogP contribution in [0.25, 0.3) is 11.0 Å². The summed E-state index contributed by atoms with van der Waals surface area (Å²) in [7, 11) is 1.33. The summed E-state index contributed by atoms with van der Waals surface area (Å²) in [4.78, 5) is 42.4. The summed E-state index contributed by atoms with van der Waals surface area (Å²) in [5, 5.41) is 0.469. The molecule has 1 N–H and O–H groups in total. The third-order valence-electron chi connectivity index (χ3n) is 7.14. The van der Waals surface area contributed by atoms with E-state index in [1.165, 1.54) is 12.0 Å². The number of rotatable bonds is 5. The van der Waals surface area contributed by atoms with Crippen molar-refractivity contribution in [2.75, 3.05) is 46.5 Å². The minimum atomic E-state index is -0.591. The predicted molar refractivity (Wildman–Crippen MR) is 129 cm³/mol. The molecule has 1 fully saturated rings. The number of aryl methyl sites for hydroxylation is 2. The first-order chi connectivity index (χ1) is 16.9. The van der Waals surface area contributed by atoms with E-state index >= 15 is 0 Å². The summed E-state index contributed by atoms with van der Waals surface area (Å²) in [6.45, 7) is 8.28. The van der Waals surface area contributed by atoms with Gasteiger partial charge in [0.05, 0.1) is 56.0 Å². The maximum Gasteiger partial charge on any atom is 0.337 e. The summed E-state index contributed by atoms with van der Waals surface area (Å²) in [5.74, 6) is -0.625. The van der Waals surface area contributed by atoms with E-state index in [0.717, 1.165) is 36.3 Å². The highest BCUT2D eigenvalue weighted by molar-refractivity contribution is 5.99. The van der Waals surface area contributed by atoms with E-state index in [-0.39, 0.29) is 17.1 Å². The highest BCUT2D eigenvalue weighted by Crippen LogP contribution is 2.38. The fraction of sp³-hybridized carbons (Fsp3) is 0.370. The topological polar surface area (TPSA) is 90.5 Å². The monoisotopic (exact) mass is 477 g/mol. The van der Waals surface area contributed by atoms with Crippen molar-refractivity contribution in [2.24, 2.45) is 0 Å². The molecule has 1 unspecified atom stereocenters. The summed E-state index contributed by atoms with van der Waals surface area (Å²) < 4.78 is 16.4. The van der Waals surface area contributed by atoms with Crippen molar-refractivity contribution >= 4 is 22.8 Å². The summed E-state index contributed by atoms with van der Waals surface area (Å²) in [6, 6.07) is 9.93. The molecule has 3 aromatic rings. The fourth-order valence-corrected chi connectivity index (χ4v) is 4.96. The lowest BCUT2D eigenvalue weighted by atomic mass is 9.96. The molecule has 2 aliphatic heterocycles. The van der Waals surface area contributed by atoms with Crippen molar-refractivity contribution in [3.05, 3.63) is 80.2 Å². The van der Waals surface area contributed by atoms with Gasteiger partial charge in [0.15, 0.2) is 5.43 Å². The second-order valence-electron chi connectivity index (χ2n) is 9.23. The Morgan fingerprint density at radius 1 is 1.09 bits per heavy atom. The number of amides is 1. The van der Waals surface area contributed by atoms with Gasteiger partial charge >= 0.3 is 5.97 Å². The Morgan fingerprint density at radius 3 is 2.46 bits per heavy atom. The van der Waals surface area contributed by atoms with Crippen molar-refractivity contribution in [3.63, 3.8) is 0 Å². The van der Waals surface area contributed by atoms with E-state index in [1.54, 1.807) is 29.2 Å². The molecule has 8 nitrogen and oxygen atoms in total. The van der Waals surface area contributed by atoms with Crippen LogP contribution >= 0.6 is 0 Å². The van der Waals surface area contributed by atoms with Crippen LogP contribution in [-0.2, 0) is 9.47 Å². The molecule has 0 aliphatic carbocycles. The van der Waals surface area contributed by atoms with Crippen molar-refractivity contribution < 1.29 is 28.4 Å². The number of esters is 1. The van der Waals surface area contributed by atoms with Crippen LogP contribution in [0, 0.1) is 13.8 Å². The number of nitrogens with one attached hydrogen (secondary N) is 1. The van der Waals surface area contributed by atoms with Gasteiger partial charge in [0.25, 0.3) is 5.91 Å². The molecule has 0 saturated carbocycles. The zero-order valence-electron chi connectivity index (χ0n) is 20.2. The van der Waals surface area contributed by atoms with E-state index < -0.39 is 12.0 Å². The number of hydrogen-bond acceptors (Lipinski definition) is 6. The minimum Gasteiger partial charge on any atom is -0.465 e. The molecule has 1 amide bonds. The second-order valence-corrected chi connectivity index (χ2v) is 9.23.